The Morgan fingerprint density at radius 3 is 2.70 bits per heavy atom. The summed E-state index contributed by atoms with van der Waals surface area (Å²) >= 11 is 0. The Balaban J connectivity index is 2.16. The van der Waals surface area contributed by atoms with Gasteiger partial charge in [0.15, 0.2) is 0 Å². The molecule has 2 N–H and O–H groups in total. The Labute approximate surface area is 121 Å². The highest BCUT2D eigenvalue weighted by molar-refractivity contribution is 5.77. The third-order valence-electron chi connectivity index (χ3n) is 3.09. The number of hydrogen-bond acceptors (Lipinski definition) is 3. The Kier molecular flexibility index (Phi) is 7.73. The van der Waals surface area contributed by atoms with Gasteiger partial charge in [-0.2, -0.15) is 0 Å². The van der Waals surface area contributed by atoms with E-state index in [2.05, 4.69) is 24.5 Å². The molecular weight excluding hydrogens is 252 g/mol. The highest BCUT2D eigenvalue weighted by atomic mass is 16.5. The van der Waals surface area contributed by atoms with Crippen molar-refractivity contribution in [1.82, 2.24) is 10.6 Å². The van der Waals surface area contributed by atoms with Crippen molar-refractivity contribution in [3.8, 4) is 5.75 Å². The van der Waals surface area contributed by atoms with Crippen LogP contribution in [0, 0.1) is 5.92 Å². The molecule has 1 aromatic carbocycles. The molecule has 0 aromatic heterocycles. The van der Waals surface area contributed by atoms with Crippen molar-refractivity contribution in [2.24, 2.45) is 5.92 Å². The molecule has 4 heteroatoms. The van der Waals surface area contributed by atoms with E-state index in [1.807, 2.05) is 24.3 Å². The molecule has 4 nitrogen and oxygen atoms in total. The first-order valence-corrected chi connectivity index (χ1v) is 7.22. The minimum atomic E-state index is 0.0608. The summed E-state index contributed by atoms with van der Waals surface area (Å²) in [5.41, 5.74) is 1.16. The molecule has 0 bridgehead atoms. The minimum Gasteiger partial charge on any atom is -0.496 e. The minimum absolute atomic E-state index is 0.0608. The number of carbonyl (C=O) groups is 1. The zero-order chi connectivity index (χ0) is 14.8. The van der Waals surface area contributed by atoms with Crippen LogP contribution in [0.3, 0.4) is 0 Å². The summed E-state index contributed by atoms with van der Waals surface area (Å²) in [5, 5.41) is 6.06. The van der Waals surface area contributed by atoms with E-state index in [1.54, 1.807) is 7.11 Å². The zero-order valence-corrected chi connectivity index (χ0v) is 12.7. The number of amides is 1. The lowest BCUT2D eigenvalue weighted by Crippen LogP contribution is -2.35. The fraction of sp³-hybridized carbons (Fsp3) is 0.562. The molecule has 0 spiro atoms. The summed E-state index contributed by atoms with van der Waals surface area (Å²) < 4.78 is 5.29. The van der Waals surface area contributed by atoms with Gasteiger partial charge in [-0.05, 0) is 36.9 Å². The topological polar surface area (TPSA) is 50.4 Å². The van der Waals surface area contributed by atoms with Crippen LogP contribution in [0.25, 0.3) is 0 Å². The summed E-state index contributed by atoms with van der Waals surface area (Å²) in [6.45, 7) is 6.19. The van der Waals surface area contributed by atoms with Gasteiger partial charge in [-0.25, -0.2) is 0 Å². The van der Waals surface area contributed by atoms with Crippen molar-refractivity contribution in [3.63, 3.8) is 0 Å². The molecule has 0 fully saturated rings. The van der Waals surface area contributed by atoms with Crippen molar-refractivity contribution >= 4 is 5.91 Å². The normalized spacial score (nSPS) is 10.6. The van der Waals surface area contributed by atoms with Crippen molar-refractivity contribution in [3.05, 3.63) is 29.8 Å². The van der Waals surface area contributed by atoms with E-state index < -0.39 is 0 Å². The van der Waals surface area contributed by atoms with Gasteiger partial charge in [0.2, 0.25) is 5.91 Å². The van der Waals surface area contributed by atoms with E-state index in [4.69, 9.17) is 4.74 Å². The van der Waals surface area contributed by atoms with E-state index in [0.717, 1.165) is 37.2 Å². The highest BCUT2D eigenvalue weighted by Gasteiger charge is 2.03. The molecule has 0 saturated carbocycles. The van der Waals surface area contributed by atoms with Gasteiger partial charge in [0, 0.05) is 6.54 Å². The number of methoxy groups -OCH3 is 1. The van der Waals surface area contributed by atoms with Crippen molar-refractivity contribution in [2.45, 2.75) is 26.7 Å². The lowest BCUT2D eigenvalue weighted by Gasteiger charge is -2.10. The quantitative estimate of drug-likeness (QED) is 0.679. The van der Waals surface area contributed by atoms with Crippen LogP contribution in [0.1, 0.15) is 25.8 Å². The van der Waals surface area contributed by atoms with Crippen molar-refractivity contribution in [1.29, 1.82) is 0 Å². The number of benzene rings is 1. The molecule has 0 heterocycles. The first-order valence-electron chi connectivity index (χ1n) is 7.22. The van der Waals surface area contributed by atoms with Gasteiger partial charge in [0.25, 0.3) is 0 Å². The zero-order valence-electron chi connectivity index (χ0n) is 12.7. The van der Waals surface area contributed by atoms with E-state index in [1.165, 1.54) is 0 Å². The predicted octanol–water partition coefficient (Wildman–Crippen LogP) is 1.99. The van der Waals surface area contributed by atoms with Gasteiger partial charge in [0.05, 0.1) is 13.7 Å². The van der Waals surface area contributed by atoms with Gasteiger partial charge in [-0.15, -0.1) is 0 Å². The number of hydrogen-bond donors (Lipinski definition) is 2. The fourth-order valence-corrected chi connectivity index (χ4v) is 1.90. The SMILES string of the molecule is COc1ccccc1CCNCC(=O)NCCC(C)C. The maximum atomic E-state index is 11.6. The molecule has 0 unspecified atom stereocenters. The summed E-state index contributed by atoms with van der Waals surface area (Å²) in [6.07, 6.45) is 1.87. The van der Waals surface area contributed by atoms with Gasteiger partial charge < -0.3 is 15.4 Å². The van der Waals surface area contributed by atoms with E-state index in [9.17, 15) is 4.79 Å². The molecule has 0 aliphatic rings. The van der Waals surface area contributed by atoms with Gasteiger partial charge in [-0.1, -0.05) is 32.0 Å². The molecule has 20 heavy (non-hydrogen) atoms. The van der Waals surface area contributed by atoms with Crippen molar-refractivity contribution in [2.75, 3.05) is 26.7 Å². The molecule has 0 aliphatic carbocycles. The summed E-state index contributed by atoms with van der Waals surface area (Å²) in [7, 11) is 1.68. The number of rotatable bonds is 9. The van der Waals surface area contributed by atoms with Crippen LogP contribution in [-0.4, -0.2) is 32.7 Å². The van der Waals surface area contributed by atoms with E-state index >= 15 is 0 Å². The summed E-state index contributed by atoms with van der Waals surface area (Å²) in [5.74, 6) is 1.58. The standard InChI is InChI=1S/C16H26N2O2/c1-13(2)8-11-18-16(19)12-17-10-9-14-6-4-5-7-15(14)20-3/h4-7,13,17H,8-12H2,1-3H3,(H,18,19). The van der Waals surface area contributed by atoms with E-state index in [0.29, 0.717) is 12.5 Å². The predicted molar refractivity (Wildman–Crippen MR) is 82.0 cm³/mol. The Bertz CT molecular complexity index is 405. The second-order valence-corrected chi connectivity index (χ2v) is 5.27. The van der Waals surface area contributed by atoms with Gasteiger partial charge >= 0.3 is 0 Å². The number of ether oxygens (including phenoxy) is 1. The molecular formula is C16H26N2O2. The smallest absolute Gasteiger partial charge is 0.233 e. The average molecular weight is 278 g/mol. The van der Waals surface area contributed by atoms with Crippen LogP contribution in [0.15, 0.2) is 24.3 Å². The molecule has 1 amide bonds. The molecule has 0 aliphatic heterocycles. The van der Waals surface area contributed by atoms with Crippen LogP contribution in [-0.2, 0) is 11.2 Å². The van der Waals surface area contributed by atoms with Crippen LogP contribution in [0.4, 0.5) is 0 Å². The Morgan fingerprint density at radius 2 is 2.00 bits per heavy atom. The van der Waals surface area contributed by atoms with Crippen LogP contribution in [0.5, 0.6) is 5.75 Å². The second kappa shape index (κ2) is 9.37. The van der Waals surface area contributed by atoms with Crippen LogP contribution >= 0.6 is 0 Å². The number of carbonyl (C=O) groups excluding carboxylic acids is 1. The monoisotopic (exact) mass is 278 g/mol. The number of para-hydroxylation sites is 1. The molecule has 1 rings (SSSR count). The Hall–Kier alpha value is -1.55. The largest absolute Gasteiger partial charge is 0.496 e. The molecule has 0 atom stereocenters. The van der Waals surface area contributed by atoms with Gasteiger partial charge in [-0.3, -0.25) is 4.79 Å². The fourth-order valence-electron chi connectivity index (χ4n) is 1.90. The number of nitrogens with one attached hydrogen (secondary N) is 2. The van der Waals surface area contributed by atoms with Crippen LogP contribution in [0.2, 0.25) is 0 Å². The summed E-state index contributed by atoms with van der Waals surface area (Å²) in [4.78, 5) is 11.6. The highest BCUT2D eigenvalue weighted by Crippen LogP contribution is 2.16. The third-order valence-corrected chi connectivity index (χ3v) is 3.09. The average Bonchev–Trinajstić information content (AvgIpc) is 2.43. The van der Waals surface area contributed by atoms with Crippen molar-refractivity contribution < 1.29 is 9.53 Å². The first-order chi connectivity index (χ1) is 9.63. The lowest BCUT2D eigenvalue weighted by atomic mass is 10.1. The maximum Gasteiger partial charge on any atom is 0.233 e. The second-order valence-electron chi connectivity index (χ2n) is 5.27. The van der Waals surface area contributed by atoms with Gasteiger partial charge in [0.1, 0.15) is 5.75 Å². The molecule has 0 radical (unpaired) electrons. The first kappa shape index (κ1) is 16.5. The van der Waals surface area contributed by atoms with E-state index in [-0.39, 0.29) is 5.91 Å². The summed E-state index contributed by atoms with van der Waals surface area (Å²) in [6, 6.07) is 7.95. The molecule has 0 saturated heterocycles. The third kappa shape index (κ3) is 6.57. The van der Waals surface area contributed by atoms with Crippen LogP contribution < -0.4 is 15.4 Å². The lowest BCUT2D eigenvalue weighted by molar-refractivity contribution is -0.120. The molecule has 1 aromatic rings. The maximum absolute atomic E-state index is 11.6. The molecule has 112 valence electrons. The Morgan fingerprint density at radius 1 is 1.25 bits per heavy atom.